The second-order valence-electron chi connectivity index (χ2n) is 6.98. The van der Waals surface area contributed by atoms with E-state index in [0.29, 0.717) is 22.0 Å². The molecule has 142 valence electrons. The number of halogens is 2. The van der Waals surface area contributed by atoms with Gasteiger partial charge in [0.2, 0.25) is 11.9 Å². The monoisotopic (exact) mass is 390 g/mol. The van der Waals surface area contributed by atoms with Crippen LogP contribution in [0.2, 0.25) is 5.15 Å². The van der Waals surface area contributed by atoms with Crippen molar-refractivity contribution in [2.75, 3.05) is 11.9 Å². The molecule has 0 radical (unpaired) electrons. The number of carbonyl (C=O) groups is 1. The van der Waals surface area contributed by atoms with Gasteiger partial charge in [0.05, 0.1) is 24.3 Å². The Bertz CT molecular complexity index is 964. The van der Waals surface area contributed by atoms with Crippen LogP contribution in [0.5, 0.6) is 0 Å². The van der Waals surface area contributed by atoms with Crippen molar-refractivity contribution in [3.63, 3.8) is 0 Å². The third-order valence-corrected chi connectivity index (χ3v) is 3.88. The van der Waals surface area contributed by atoms with Gasteiger partial charge in [-0.1, -0.05) is 11.6 Å². The molecule has 8 heteroatoms. The molecule has 0 aliphatic heterocycles. The molecule has 0 spiro atoms. The Morgan fingerprint density at radius 3 is 2.56 bits per heavy atom. The third kappa shape index (κ3) is 4.81. The summed E-state index contributed by atoms with van der Waals surface area (Å²) in [5.74, 6) is -0.324. The van der Waals surface area contributed by atoms with Gasteiger partial charge < -0.3 is 4.74 Å². The van der Waals surface area contributed by atoms with Crippen molar-refractivity contribution in [1.82, 2.24) is 14.5 Å². The SMILES string of the molecule is CC(C)(C)OCCC(=O)Nc1nc2ccc(Cl)nc2n1-c1ccc(F)cc1. The van der Waals surface area contributed by atoms with Crippen LogP contribution >= 0.6 is 11.6 Å². The molecule has 1 amide bonds. The summed E-state index contributed by atoms with van der Waals surface area (Å²) in [5.41, 5.74) is 1.32. The van der Waals surface area contributed by atoms with Gasteiger partial charge in [-0.05, 0) is 57.2 Å². The number of carbonyl (C=O) groups excluding carboxylic acids is 1. The van der Waals surface area contributed by atoms with E-state index in [1.54, 1.807) is 28.8 Å². The smallest absolute Gasteiger partial charge is 0.229 e. The summed E-state index contributed by atoms with van der Waals surface area (Å²) < 4.78 is 20.5. The molecule has 3 aromatic rings. The van der Waals surface area contributed by atoms with Gasteiger partial charge in [-0.25, -0.2) is 14.4 Å². The predicted molar refractivity (Wildman–Crippen MR) is 103 cm³/mol. The Morgan fingerprint density at radius 2 is 1.89 bits per heavy atom. The molecule has 1 aromatic carbocycles. The van der Waals surface area contributed by atoms with Crippen LogP contribution in [0, 0.1) is 5.82 Å². The summed E-state index contributed by atoms with van der Waals surface area (Å²) in [6.07, 6.45) is 0.179. The van der Waals surface area contributed by atoms with Gasteiger partial charge in [0, 0.05) is 0 Å². The molecule has 0 saturated carbocycles. The number of ether oxygens (including phenoxy) is 1. The number of nitrogens with one attached hydrogen (secondary N) is 1. The Labute approximate surface area is 161 Å². The Kier molecular flexibility index (Phi) is 5.43. The Morgan fingerprint density at radius 1 is 1.19 bits per heavy atom. The Balaban J connectivity index is 1.91. The molecule has 2 heterocycles. The molecule has 0 aliphatic rings. The summed E-state index contributed by atoms with van der Waals surface area (Å²) >= 11 is 6.01. The molecular weight excluding hydrogens is 371 g/mol. The maximum absolute atomic E-state index is 13.3. The molecule has 2 aromatic heterocycles. The lowest BCUT2D eigenvalue weighted by molar-refractivity contribution is -0.118. The van der Waals surface area contributed by atoms with Gasteiger partial charge in [0.25, 0.3) is 0 Å². The first kappa shape index (κ1) is 19.3. The van der Waals surface area contributed by atoms with E-state index in [-0.39, 0.29) is 36.3 Å². The van der Waals surface area contributed by atoms with Crippen LogP contribution in [0.25, 0.3) is 16.9 Å². The standard InChI is InChI=1S/C19H20ClFN4O2/c1-19(2,3)27-11-10-16(26)24-18-22-14-8-9-15(20)23-17(14)25(18)13-6-4-12(21)5-7-13/h4-9H,10-11H2,1-3H3,(H,22,24,26). The van der Waals surface area contributed by atoms with Crippen LogP contribution in [-0.2, 0) is 9.53 Å². The Hall–Kier alpha value is -2.51. The summed E-state index contributed by atoms with van der Waals surface area (Å²) in [6, 6.07) is 9.15. The van der Waals surface area contributed by atoms with E-state index in [2.05, 4.69) is 15.3 Å². The van der Waals surface area contributed by atoms with Crippen LogP contribution < -0.4 is 5.32 Å². The zero-order valence-electron chi connectivity index (χ0n) is 15.3. The third-order valence-electron chi connectivity index (χ3n) is 3.67. The number of imidazole rings is 1. The number of anilines is 1. The average molecular weight is 391 g/mol. The second-order valence-corrected chi connectivity index (χ2v) is 7.37. The second kappa shape index (κ2) is 7.62. The van der Waals surface area contributed by atoms with Crippen molar-refractivity contribution < 1.29 is 13.9 Å². The van der Waals surface area contributed by atoms with Gasteiger partial charge in [0.1, 0.15) is 16.5 Å². The van der Waals surface area contributed by atoms with Gasteiger partial charge in [-0.3, -0.25) is 14.7 Å². The van der Waals surface area contributed by atoms with E-state index in [1.807, 2.05) is 20.8 Å². The molecule has 0 atom stereocenters. The molecule has 0 saturated heterocycles. The van der Waals surface area contributed by atoms with Crippen molar-refractivity contribution in [2.24, 2.45) is 0 Å². The summed E-state index contributed by atoms with van der Waals surface area (Å²) in [7, 11) is 0. The number of hydrogen-bond donors (Lipinski definition) is 1. The van der Waals surface area contributed by atoms with Gasteiger partial charge >= 0.3 is 0 Å². The van der Waals surface area contributed by atoms with E-state index in [9.17, 15) is 9.18 Å². The molecule has 0 fully saturated rings. The van der Waals surface area contributed by atoms with Gasteiger partial charge in [0.15, 0.2) is 5.65 Å². The van der Waals surface area contributed by atoms with Crippen LogP contribution in [0.1, 0.15) is 27.2 Å². The maximum atomic E-state index is 13.3. The van der Waals surface area contributed by atoms with Gasteiger partial charge in [-0.2, -0.15) is 0 Å². The predicted octanol–water partition coefficient (Wildman–Crippen LogP) is 4.36. The van der Waals surface area contributed by atoms with E-state index < -0.39 is 0 Å². The number of aromatic nitrogens is 3. The lowest BCUT2D eigenvalue weighted by atomic mass is 10.2. The quantitative estimate of drug-likeness (QED) is 0.657. The lowest BCUT2D eigenvalue weighted by Crippen LogP contribution is -2.23. The minimum atomic E-state index is -0.362. The fraction of sp³-hybridized carbons (Fsp3) is 0.316. The fourth-order valence-electron chi connectivity index (χ4n) is 2.49. The first-order chi connectivity index (χ1) is 12.7. The molecular formula is C19H20ClFN4O2. The van der Waals surface area contributed by atoms with E-state index in [0.717, 1.165) is 0 Å². The zero-order chi connectivity index (χ0) is 19.6. The molecule has 6 nitrogen and oxygen atoms in total. The largest absolute Gasteiger partial charge is 0.375 e. The summed E-state index contributed by atoms with van der Waals surface area (Å²) in [4.78, 5) is 21.0. The van der Waals surface area contributed by atoms with Crippen LogP contribution in [0.4, 0.5) is 10.3 Å². The molecule has 0 aliphatic carbocycles. The first-order valence-electron chi connectivity index (χ1n) is 8.48. The number of hydrogen-bond acceptors (Lipinski definition) is 4. The summed E-state index contributed by atoms with van der Waals surface area (Å²) in [5, 5.41) is 3.07. The normalized spacial score (nSPS) is 11.7. The minimum Gasteiger partial charge on any atom is -0.375 e. The highest BCUT2D eigenvalue weighted by atomic mass is 35.5. The number of benzene rings is 1. The molecule has 0 unspecified atom stereocenters. The fourth-order valence-corrected chi connectivity index (χ4v) is 2.63. The highest BCUT2D eigenvalue weighted by Crippen LogP contribution is 2.25. The molecule has 1 N–H and O–H groups in total. The van der Waals surface area contributed by atoms with Crippen molar-refractivity contribution in [3.8, 4) is 5.69 Å². The highest BCUT2D eigenvalue weighted by molar-refractivity contribution is 6.29. The summed E-state index contributed by atoms with van der Waals surface area (Å²) in [6.45, 7) is 6.06. The van der Waals surface area contributed by atoms with E-state index in [1.165, 1.54) is 12.1 Å². The first-order valence-corrected chi connectivity index (χ1v) is 8.85. The molecule has 3 rings (SSSR count). The van der Waals surface area contributed by atoms with E-state index in [4.69, 9.17) is 16.3 Å². The minimum absolute atomic E-state index is 0.179. The van der Waals surface area contributed by atoms with Crippen LogP contribution in [-0.4, -0.2) is 32.7 Å². The molecule has 27 heavy (non-hydrogen) atoms. The number of amides is 1. The number of fused-ring (bicyclic) bond motifs is 1. The van der Waals surface area contributed by atoms with Crippen LogP contribution in [0.3, 0.4) is 0 Å². The average Bonchev–Trinajstić information content (AvgIpc) is 2.91. The highest BCUT2D eigenvalue weighted by Gasteiger charge is 2.17. The van der Waals surface area contributed by atoms with Crippen molar-refractivity contribution in [1.29, 1.82) is 0 Å². The number of nitrogens with zero attached hydrogens (tertiary/aromatic N) is 3. The lowest BCUT2D eigenvalue weighted by Gasteiger charge is -2.19. The molecule has 0 bridgehead atoms. The van der Waals surface area contributed by atoms with Crippen LogP contribution in [0.15, 0.2) is 36.4 Å². The van der Waals surface area contributed by atoms with Crippen molar-refractivity contribution in [2.45, 2.75) is 32.8 Å². The van der Waals surface area contributed by atoms with Crippen molar-refractivity contribution in [3.05, 3.63) is 47.4 Å². The van der Waals surface area contributed by atoms with Gasteiger partial charge in [-0.15, -0.1) is 0 Å². The van der Waals surface area contributed by atoms with Crippen molar-refractivity contribution >= 4 is 34.6 Å². The zero-order valence-corrected chi connectivity index (χ0v) is 16.0. The topological polar surface area (TPSA) is 69.0 Å². The van der Waals surface area contributed by atoms with E-state index >= 15 is 0 Å². The maximum Gasteiger partial charge on any atom is 0.229 e. The number of pyridine rings is 1. The number of rotatable bonds is 5.